The molecule has 1 N–H and O–H groups in total. The van der Waals surface area contributed by atoms with E-state index in [4.69, 9.17) is 0 Å². The molecule has 0 radical (unpaired) electrons. The summed E-state index contributed by atoms with van der Waals surface area (Å²) < 4.78 is 13.9. The lowest BCUT2D eigenvalue weighted by molar-refractivity contribution is 0.404. The van der Waals surface area contributed by atoms with Crippen LogP contribution in [0.2, 0.25) is 0 Å². The lowest BCUT2D eigenvalue weighted by atomic mass is 9.83. The van der Waals surface area contributed by atoms with Gasteiger partial charge in [0.2, 0.25) is 0 Å². The molecule has 88 valence electrons. The summed E-state index contributed by atoms with van der Waals surface area (Å²) in [7, 11) is 1.91. The van der Waals surface area contributed by atoms with Crippen molar-refractivity contribution in [1.82, 2.24) is 5.32 Å². The monoisotopic (exact) mass is 285 g/mol. The first-order chi connectivity index (χ1) is 7.52. The van der Waals surface area contributed by atoms with Crippen molar-refractivity contribution in [1.29, 1.82) is 0 Å². The summed E-state index contributed by atoms with van der Waals surface area (Å²) >= 11 is 3.28. The molecule has 1 atom stereocenters. The predicted octanol–water partition coefficient (Wildman–Crippen LogP) is 3.54. The summed E-state index contributed by atoms with van der Waals surface area (Å²) in [5, 5.41) is 3.13. The quantitative estimate of drug-likeness (QED) is 0.816. The number of rotatable bonds is 5. The molecule has 0 saturated heterocycles. The van der Waals surface area contributed by atoms with Crippen molar-refractivity contribution >= 4 is 15.9 Å². The summed E-state index contributed by atoms with van der Waals surface area (Å²) in [6.45, 7) is 6.77. The van der Waals surface area contributed by atoms with E-state index >= 15 is 0 Å². The maximum absolute atomic E-state index is 13.4. The molecule has 0 aliphatic rings. The number of nitrogens with one attached hydrogen (secondary N) is 1. The number of hydrogen-bond donors (Lipinski definition) is 1. The zero-order valence-electron chi connectivity index (χ0n) is 9.69. The molecule has 1 rings (SSSR count). The fourth-order valence-corrected chi connectivity index (χ4v) is 2.14. The van der Waals surface area contributed by atoms with Crippen LogP contribution in [0.4, 0.5) is 4.39 Å². The molecule has 1 unspecified atom stereocenters. The minimum absolute atomic E-state index is 0.0644. The van der Waals surface area contributed by atoms with Gasteiger partial charge in [0.15, 0.2) is 0 Å². The molecule has 0 saturated carbocycles. The van der Waals surface area contributed by atoms with Gasteiger partial charge in [-0.1, -0.05) is 25.1 Å². The molecule has 16 heavy (non-hydrogen) atoms. The van der Waals surface area contributed by atoms with Gasteiger partial charge in [-0.05, 0) is 41.0 Å². The van der Waals surface area contributed by atoms with Crippen molar-refractivity contribution < 1.29 is 4.39 Å². The molecule has 0 fully saturated rings. The second kappa shape index (κ2) is 5.60. The lowest BCUT2D eigenvalue weighted by Gasteiger charge is -2.26. The van der Waals surface area contributed by atoms with E-state index in [0.717, 1.165) is 18.5 Å². The van der Waals surface area contributed by atoms with Crippen LogP contribution in [0.15, 0.2) is 35.3 Å². The third kappa shape index (κ3) is 3.16. The van der Waals surface area contributed by atoms with E-state index in [-0.39, 0.29) is 11.2 Å². The van der Waals surface area contributed by atoms with E-state index in [1.807, 2.05) is 19.2 Å². The van der Waals surface area contributed by atoms with Gasteiger partial charge >= 0.3 is 0 Å². The molecule has 0 amide bonds. The molecule has 0 bridgehead atoms. The highest BCUT2D eigenvalue weighted by molar-refractivity contribution is 9.10. The molecule has 1 aromatic carbocycles. The first kappa shape index (κ1) is 13.4. The van der Waals surface area contributed by atoms with E-state index in [9.17, 15) is 4.39 Å². The Morgan fingerprint density at radius 2 is 2.25 bits per heavy atom. The topological polar surface area (TPSA) is 12.0 Å². The van der Waals surface area contributed by atoms with E-state index in [1.165, 1.54) is 6.07 Å². The van der Waals surface area contributed by atoms with Gasteiger partial charge in [0, 0.05) is 12.0 Å². The van der Waals surface area contributed by atoms with Crippen molar-refractivity contribution in [3.63, 3.8) is 0 Å². The zero-order chi connectivity index (χ0) is 12.2. The Morgan fingerprint density at radius 3 is 2.81 bits per heavy atom. The van der Waals surface area contributed by atoms with Crippen LogP contribution >= 0.6 is 15.9 Å². The Bertz CT molecular complexity index is 378. The molecule has 0 aliphatic carbocycles. The van der Waals surface area contributed by atoms with Crippen LogP contribution in [0, 0.1) is 11.2 Å². The Kier molecular flexibility index (Phi) is 4.69. The molecule has 1 aromatic rings. The normalized spacial score (nSPS) is 14.5. The maximum Gasteiger partial charge on any atom is 0.137 e. The molecular weight excluding hydrogens is 269 g/mol. The number of halogens is 2. The van der Waals surface area contributed by atoms with Gasteiger partial charge in [0.1, 0.15) is 5.82 Å². The highest BCUT2D eigenvalue weighted by Crippen LogP contribution is 2.29. The summed E-state index contributed by atoms with van der Waals surface area (Å²) in [4.78, 5) is 0. The van der Waals surface area contributed by atoms with E-state index in [2.05, 4.69) is 34.7 Å². The average molecular weight is 286 g/mol. The fraction of sp³-hybridized carbons (Fsp3) is 0.385. The molecular formula is C13H17BrFN. The second-order valence-electron chi connectivity index (χ2n) is 4.28. The molecule has 0 aromatic heterocycles. The van der Waals surface area contributed by atoms with Crippen molar-refractivity contribution in [2.75, 3.05) is 13.6 Å². The molecule has 0 aliphatic heterocycles. The largest absolute Gasteiger partial charge is 0.319 e. The predicted molar refractivity (Wildman–Crippen MR) is 70.0 cm³/mol. The Labute approximate surface area is 105 Å². The van der Waals surface area contributed by atoms with Gasteiger partial charge in [-0.15, -0.1) is 6.58 Å². The summed E-state index contributed by atoms with van der Waals surface area (Å²) in [5.74, 6) is -0.214. The standard InChI is InChI=1S/C13H17BrFN/c1-4-13(2,9-16-3)8-10-6-5-7-11(15)12(10)14/h4-7,16H,1,8-9H2,2-3H3. The first-order valence-electron chi connectivity index (χ1n) is 5.23. The summed E-state index contributed by atoms with van der Waals surface area (Å²) in [5.41, 5.74) is 0.906. The molecule has 0 heterocycles. The van der Waals surface area contributed by atoms with Crippen LogP contribution in [-0.4, -0.2) is 13.6 Å². The Balaban J connectivity index is 2.94. The van der Waals surface area contributed by atoms with Gasteiger partial charge in [-0.3, -0.25) is 0 Å². The van der Waals surface area contributed by atoms with Crippen molar-refractivity contribution in [3.05, 3.63) is 46.7 Å². The average Bonchev–Trinajstić information content (AvgIpc) is 2.25. The minimum atomic E-state index is -0.214. The minimum Gasteiger partial charge on any atom is -0.319 e. The van der Waals surface area contributed by atoms with Crippen LogP contribution in [0.3, 0.4) is 0 Å². The van der Waals surface area contributed by atoms with Gasteiger partial charge in [0.05, 0.1) is 4.47 Å². The fourth-order valence-electron chi connectivity index (χ4n) is 1.73. The SMILES string of the molecule is C=CC(C)(CNC)Cc1cccc(F)c1Br. The van der Waals surface area contributed by atoms with Crippen LogP contribution in [0.5, 0.6) is 0 Å². The van der Waals surface area contributed by atoms with Gasteiger partial charge < -0.3 is 5.32 Å². The van der Waals surface area contributed by atoms with Crippen molar-refractivity contribution in [2.45, 2.75) is 13.3 Å². The molecule has 3 heteroatoms. The number of hydrogen-bond acceptors (Lipinski definition) is 1. The third-order valence-corrected chi connectivity index (χ3v) is 3.59. The van der Waals surface area contributed by atoms with Gasteiger partial charge in [-0.2, -0.15) is 0 Å². The second-order valence-corrected chi connectivity index (χ2v) is 5.07. The highest BCUT2D eigenvalue weighted by atomic mass is 79.9. The summed E-state index contributed by atoms with van der Waals surface area (Å²) in [6.07, 6.45) is 2.68. The third-order valence-electron chi connectivity index (χ3n) is 2.70. The highest BCUT2D eigenvalue weighted by Gasteiger charge is 2.21. The lowest BCUT2D eigenvalue weighted by Crippen LogP contribution is -2.29. The number of benzene rings is 1. The summed E-state index contributed by atoms with van der Waals surface area (Å²) in [6, 6.07) is 5.12. The van der Waals surface area contributed by atoms with Crippen molar-refractivity contribution in [3.8, 4) is 0 Å². The molecule has 1 nitrogen and oxygen atoms in total. The van der Waals surface area contributed by atoms with Gasteiger partial charge in [-0.25, -0.2) is 4.39 Å². The first-order valence-corrected chi connectivity index (χ1v) is 6.03. The van der Waals surface area contributed by atoms with Crippen molar-refractivity contribution in [2.24, 2.45) is 5.41 Å². The van der Waals surface area contributed by atoms with Gasteiger partial charge in [0.25, 0.3) is 0 Å². The Hall–Kier alpha value is -0.670. The van der Waals surface area contributed by atoms with Crippen LogP contribution < -0.4 is 5.32 Å². The van der Waals surface area contributed by atoms with E-state index in [0.29, 0.717) is 4.47 Å². The van der Waals surface area contributed by atoms with Crippen LogP contribution in [0.25, 0.3) is 0 Å². The van der Waals surface area contributed by atoms with Crippen LogP contribution in [-0.2, 0) is 6.42 Å². The zero-order valence-corrected chi connectivity index (χ0v) is 11.3. The van der Waals surface area contributed by atoms with E-state index < -0.39 is 0 Å². The van der Waals surface area contributed by atoms with E-state index in [1.54, 1.807) is 6.07 Å². The Morgan fingerprint density at radius 1 is 1.56 bits per heavy atom. The van der Waals surface area contributed by atoms with Crippen LogP contribution in [0.1, 0.15) is 12.5 Å². The molecule has 0 spiro atoms. The smallest absolute Gasteiger partial charge is 0.137 e. The maximum atomic E-state index is 13.4.